The minimum Gasteiger partial charge on any atom is -0.299 e. The minimum atomic E-state index is 0.362. The Balaban J connectivity index is 1.62. The van der Waals surface area contributed by atoms with Gasteiger partial charge >= 0.3 is 0 Å². The maximum Gasteiger partial charge on any atom is 0.140 e. The van der Waals surface area contributed by atoms with E-state index in [0.29, 0.717) is 53.0 Å². The van der Waals surface area contributed by atoms with Crippen LogP contribution in [0.25, 0.3) is 0 Å². The molecule has 19 heavy (non-hydrogen) atoms. The van der Waals surface area contributed by atoms with E-state index in [1.54, 1.807) is 0 Å². The van der Waals surface area contributed by atoms with Gasteiger partial charge in [-0.15, -0.1) is 0 Å². The van der Waals surface area contributed by atoms with Crippen molar-refractivity contribution in [3.63, 3.8) is 0 Å². The molecule has 2 heteroatoms. The topological polar surface area (TPSA) is 34.1 Å². The van der Waals surface area contributed by atoms with Gasteiger partial charge in [0.25, 0.3) is 0 Å². The van der Waals surface area contributed by atoms with E-state index >= 15 is 0 Å². The summed E-state index contributed by atoms with van der Waals surface area (Å²) >= 11 is 0. The summed E-state index contributed by atoms with van der Waals surface area (Å²) < 4.78 is 0. The molecule has 8 rings (SSSR count). The minimum absolute atomic E-state index is 0.362. The molecular weight excluding hydrogens is 236 g/mol. The van der Waals surface area contributed by atoms with Crippen molar-refractivity contribution in [3.05, 3.63) is 0 Å². The summed E-state index contributed by atoms with van der Waals surface area (Å²) in [5, 5.41) is 0. The third-order valence-electron chi connectivity index (χ3n) is 9.82. The predicted molar refractivity (Wildman–Crippen MR) is 63.5 cm³/mol. The maximum absolute atomic E-state index is 12.9. The van der Waals surface area contributed by atoms with E-state index in [1.165, 1.54) is 6.42 Å². The highest BCUT2D eigenvalue weighted by Crippen LogP contribution is 2.89. The predicted octanol–water partition coefficient (Wildman–Crippen LogP) is 1.25. The van der Waals surface area contributed by atoms with Gasteiger partial charge in [0, 0.05) is 23.7 Å². The van der Waals surface area contributed by atoms with Crippen LogP contribution in [0.15, 0.2) is 0 Å². The molecule has 0 heterocycles. The lowest BCUT2D eigenvalue weighted by molar-refractivity contribution is -0.136. The standard InChI is InChI=1S/C17H16O2/c18-16-7-3-1-2-5-4(3)8-9(7)11-12-10(8)13(5)17(19)15(12)6(2)14(11)16/h2-15H,1H2/t2-,3+,4-,5-,6-,7-,8+,9+,10+,11-,12+,13+,14-,15+/m1/s1. The van der Waals surface area contributed by atoms with Crippen molar-refractivity contribution in [1.29, 1.82) is 0 Å². The van der Waals surface area contributed by atoms with Gasteiger partial charge < -0.3 is 0 Å². The summed E-state index contributed by atoms with van der Waals surface area (Å²) in [4.78, 5) is 25.8. The molecule has 8 aliphatic rings. The molecule has 6 bridgehead atoms. The fourth-order valence-electron chi connectivity index (χ4n) is 10.6. The molecule has 0 aromatic carbocycles. The van der Waals surface area contributed by atoms with Crippen molar-refractivity contribution in [2.75, 3.05) is 0 Å². The Morgan fingerprint density at radius 3 is 1.89 bits per heavy atom. The maximum atomic E-state index is 12.9. The molecule has 0 radical (unpaired) electrons. The van der Waals surface area contributed by atoms with Gasteiger partial charge in [-0.1, -0.05) is 0 Å². The molecule has 2 nitrogen and oxygen atoms in total. The van der Waals surface area contributed by atoms with E-state index in [1.807, 2.05) is 0 Å². The number of hydrogen-bond donors (Lipinski definition) is 0. The Bertz CT molecular complexity index is 625. The molecule has 8 aliphatic carbocycles. The van der Waals surface area contributed by atoms with Gasteiger partial charge in [-0.3, -0.25) is 9.59 Å². The fourth-order valence-corrected chi connectivity index (χ4v) is 10.6. The highest BCUT2D eigenvalue weighted by Gasteiger charge is 2.90. The molecular formula is C17H16O2. The molecule has 0 N–H and O–H groups in total. The zero-order chi connectivity index (χ0) is 11.9. The van der Waals surface area contributed by atoms with Crippen molar-refractivity contribution in [2.45, 2.75) is 6.42 Å². The smallest absolute Gasteiger partial charge is 0.140 e. The molecule has 0 aromatic heterocycles. The summed E-state index contributed by atoms with van der Waals surface area (Å²) in [5.41, 5.74) is 0. The Labute approximate surface area is 111 Å². The normalized spacial score (nSPS) is 84.8. The van der Waals surface area contributed by atoms with E-state index in [2.05, 4.69) is 0 Å². The van der Waals surface area contributed by atoms with E-state index < -0.39 is 0 Å². The summed E-state index contributed by atoms with van der Waals surface area (Å²) in [6, 6.07) is 0. The third-order valence-corrected chi connectivity index (χ3v) is 9.82. The zero-order valence-corrected chi connectivity index (χ0v) is 10.6. The van der Waals surface area contributed by atoms with E-state index in [9.17, 15) is 9.59 Å². The van der Waals surface area contributed by atoms with Gasteiger partial charge in [0.2, 0.25) is 0 Å². The number of carbonyl (C=O) groups is 2. The Hall–Kier alpha value is -0.660. The Kier molecular flexibility index (Phi) is 0.896. The first-order valence-electron chi connectivity index (χ1n) is 8.38. The highest BCUT2D eigenvalue weighted by atomic mass is 16.1. The summed E-state index contributed by atoms with van der Waals surface area (Å²) in [7, 11) is 0. The average Bonchev–Trinajstić information content (AvgIpc) is 3.08. The van der Waals surface area contributed by atoms with Crippen molar-refractivity contribution >= 4 is 11.6 Å². The first kappa shape index (κ1) is 8.59. The number of carbonyl (C=O) groups excluding carboxylic acids is 2. The average molecular weight is 252 g/mol. The number of fused-ring (bicyclic) bond motifs is 3. The van der Waals surface area contributed by atoms with E-state index in [0.717, 1.165) is 41.4 Å². The number of ketones is 2. The van der Waals surface area contributed by atoms with Crippen LogP contribution in [0, 0.1) is 82.9 Å². The van der Waals surface area contributed by atoms with Gasteiger partial charge in [0.1, 0.15) is 11.6 Å². The molecule has 0 unspecified atom stereocenters. The van der Waals surface area contributed by atoms with Gasteiger partial charge in [-0.25, -0.2) is 0 Å². The summed E-state index contributed by atoms with van der Waals surface area (Å²) in [6.07, 6.45) is 1.34. The Morgan fingerprint density at radius 2 is 1.11 bits per heavy atom. The molecule has 0 aliphatic heterocycles. The molecule has 8 saturated carbocycles. The number of Topliss-reactive ketones (excluding diaryl/α,β-unsaturated/α-hetero) is 2. The Morgan fingerprint density at radius 1 is 0.526 bits per heavy atom. The largest absolute Gasteiger partial charge is 0.299 e. The second-order valence-electron chi connectivity index (χ2n) is 9.09. The van der Waals surface area contributed by atoms with Crippen LogP contribution in [0.3, 0.4) is 0 Å². The van der Waals surface area contributed by atoms with E-state index in [-0.39, 0.29) is 0 Å². The quantitative estimate of drug-likeness (QED) is 0.650. The first-order chi connectivity index (χ1) is 9.30. The second kappa shape index (κ2) is 1.98. The first-order valence-corrected chi connectivity index (χ1v) is 8.38. The van der Waals surface area contributed by atoms with Crippen LogP contribution in [0.2, 0.25) is 0 Å². The molecule has 0 saturated heterocycles. The van der Waals surface area contributed by atoms with Crippen molar-refractivity contribution < 1.29 is 9.59 Å². The SMILES string of the molecule is O=C1[C@@H]2[C@H]3[C@@H]4C[C@@H]5[C@@H]1[C@@H]1[C@@H]2[C@H]2[C@H]3C(=O)[C@@H]3[C@H]2[C@H]1[C@H]5[C@@H]43. The highest BCUT2D eigenvalue weighted by molar-refractivity contribution is 5.96. The zero-order valence-electron chi connectivity index (χ0n) is 10.6. The van der Waals surface area contributed by atoms with Gasteiger partial charge in [0.05, 0.1) is 0 Å². The molecule has 96 valence electrons. The molecule has 0 spiro atoms. The monoisotopic (exact) mass is 252 g/mol. The van der Waals surface area contributed by atoms with Crippen LogP contribution in [-0.2, 0) is 9.59 Å². The van der Waals surface area contributed by atoms with Crippen LogP contribution in [0.5, 0.6) is 0 Å². The van der Waals surface area contributed by atoms with E-state index in [4.69, 9.17) is 0 Å². The fraction of sp³-hybridized carbons (Fsp3) is 0.882. The van der Waals surface area contributed by atoms with Crippen molar-refractivity contribution in [2.24, 2.45) is 82.9 Å². The van der Waals surface area contributed by atoms with Crippen molar-refractivity contribution in [3.8, 4) is 0 Å². The molecule has 14 atom stereocenters. The van der Waals surface area contributed by atoms with Crippen LogP contribution < -0.4 is 0 Å². The van der Waals surface area contributed by atoms with Crippen LogP contribution in [-0.4, -0.2) is 11.6 Å². The van der Waals surface area contributed by atoms with Crippen LogP contribution >= 0.6 is 0 Å². The number of rotatable bonds is 0. The second-order valence-corrected chi connectivity index (χ2v) is 9.09. The summed E-state index contributed by atoms with van der Waals surface area (Å²) in [6.45, 7) is 0. The van der Waals surface area contributed by atoms with Gasteiger partial charge in [0.15, 0.2) is 0 Å². The van der Waals surface area contributed by atoms with Crippen LogP contribution in [0.1, 0.15) is 6.42 Å². The summed E-state index contributed by atoms with van der Waals surface area (Å²) in [5.74, 6) is 10.3. The molecule has 8 fully saturated rings. The number of hydrogen-bond acceptors (Lipinski definition) is 2. The lowest BCUT2D eigenvalue weighted by Gasteiger charge is -2.40. The molecule has 0 amide bonds. The van der Waals surface area contributed by atoms with Crippen molar-refractivity contribution in [1.82, 2.24) is 0 Å². The lowest BCUT2D eigenvalue weighted by Crippen LogP contribution is -2.43. The third kappa shape index (κ3) is 0.489. The lowest BCUT2D eigenvalue weighted by atomic mass is 9.63. The van der Waals surface area contributed by atoms with Gasteiger partial charge in [-0.05, 0) is 65.6 Å². The van der Waals surface area contributed by atoms with Gasteiger partial charge in [-0.2, -0.15) is 0 Å². The van der Waals surface area contributed by atoms with Crippen LogP contribution in [0.4, 0.5) is 0 Å². The molecule has 0 aromatic rings.